The van der Waals surface area contributed by atoms with Gasteiger partial charge in [0.1, 0.15) is 5.75 Å². The second kappa shape index (κ2) is 11.2. The zero-order chi connectivity index (χ0) is 23.1. The summed E-state index contributed by atoms with van der Waals surface area (Å²) in [7, 11) is 0. The second-order valence-electron chi connectivity index (χ2n) is 8.98. The highest BCUT2D eigenvalue weighted by Gasteiger charge is 2.31. The van der Waals surface area contributed by atoms with Crippen LogP contribution in [0, 0.1) is 11.8 Å². The van der Waals surface area contributed by atoms with Crippen molar-refractivity contribution in [1.82, 2.24) is 4.98 Å². The minimum atomic E-state index is 0.0705. The first kappa shape index (κ1) is 23.9. The molecule has 0 aliphatic carbocycles. The molecule has 1 unspecified atom stereocenters. The van der Waals surface area contributed by atoms with Crippen LogP contribution in [0.5, 0.6) is 5.75 Å². The number of aromatic nitrogens is 1. The number of H-pyrrole nitrogens is 1. The molecule has 0 radical (unpaired) electrons. The highest BCUT2D eigenvalue weighted by atomic mass is 16.3. The number of phenols is 1. The van der Waals surface area contributed by atoms with Gasteiger partial charge in [0.15, 0.2) is 0 Å². The number of aromatic amines is 1. The number of hydrogen-bond donors (Lipinski definition) is 3. The van der Waals surface area contributed by atoms with E-state index in [-0.39, 0.29) is 11.8 Å². The maximum absolute atomic E-state index is 11.9. The summed E-state index contributed by atoms with van der Waals surface area (Å²) in [5, 5.41) is 13.6. The summed E-state index contributed by atoms with van der Waals surface area (Å²) in [6.45, 7) is 8.88. The summed E-state index contributed by atoms with van der Waals surface area (Å²) in [6.07, 6.45) is 8.88. The van der Waals surface area contributed by atoms with Crippen molar-refractivity contribution in [3.63, 3.8) is 0 Å². The van der Waals surface area contributed by atoms with Gasteiger partial charge in [-0.25, -0.2) is 0 Å². The lowest BCUT2D eigenvalue weighted by molar-refractivity contribution is -0.117. The van der Waals surface area contributed by atoms with Crippen molar-refractivity contribution >= 4 is 22.5 Å². The molecule has 3 aromatic rings. The average molecular weight is 435 g/mol. The lowest BCUT2D eigenvalue weighted by Gasteiger charge is -2.16. The molecule has 1 aliphatic rings. The number of amides is 1. The third kappa shape index (κ3) is 5.53. The fraction of sp³-hybridized carbons (Fsp3) is 0.464. The molecule has 0 fully saturated rings. The molecule has 1 aliphatic heterocycles. The molecule has 1 amide bonds. The Morgan fingerprint density at radius 3 is 2.31 bits per heavy atom. The van der Waals surface area contributed by atoms with E-state index in [4.69, 9.17) is 0 Å². The summed E-state index contributed by atoms with van der Waals surface area (Å²) in [6, 6.07) is 13.5. The van der Waals surface area contributed by atoms with Crippen molar-refractivity contribution in [2.24, 2.45) is 11.8 Å². The first-order valence-corrected chi connectivity index (χ1v) is 12.2. The lowest BCUT2D eigenvalue weighted by Crippen LogP contribution is -2.15. The van der Waals surface area contributed by atoms with Crippen LogP contribution in [0.15, 0.2) is 48.7 Å². The zero-order valence-electron chi connectivity index (χ0n) is 19.9. The van der Waals surface area contributed by atoms with E-state index in [1.807, 2.05) is 30.3 Å². The summed E-state index contributed by atoms with van der Waals surface area (Å²) < 4.78 is 0. The van der Waals surface area contributed by atoms with E-state index >= 15 is 0 Å². The molecule has 4 heteroatoms. The number of fused-ring (bicyclic) bond motifs is 2. The van der Waals surface area contributed by atoms with Crippen LogP contribution >= 0.6 is 0 Å². The smallest absolute Gasteiger partial charge is 0.232 e. The van der Waals surface area contributed by atoms with Crippen LogP contribution in [0.1, 0.15) is 76.8 Å². The second-order valence-corrected chi connectivity index (χ2v) is 8.98. The number of rotatable bonds is 8. The number of nitrogens with one attached hydrogen (secondary N) is 2. The van der Waals surface area contributed by atoms with Gasteiger partial charge in [-0.3, -0.25) is 4.79 Å². The highest BCUT2D eigenvalue weighted by Crippen LogP contribution is 2.37. The molecule has 0 spiro atoms. The Bertz CT molecular complexity index is 1020. The SMILES string of the molecule is CCC(CC)CC1C(=O)Nc2ccccc21.CCC(CC)Cc1c[nH]c2ccc(O)cc12. The molecule has 0 bridgehead atoms. The zero-order valence-corrected chi connectivity index (χ0v) is 19.9. The molecule has 172 valence electrons. The molecule has 4 rings (SSSR count). The Labute approximate surface area is 192 Å². The topological polar surface area (TPSA) is 65.1 Å². The molecule has 4 nitrogen and oxygen atoms in total. The number of anilines is 1. The van der Waals surface area contributed by atoms with E-state index < -0.39 is 0 Å². The maximum Gasteiger partial charge on any atom is 0.232 e. The van der Waals surface area contributed by atoms with Crippen molar-refractivity contribution < 1.29 is 9.90 Å². The van der Waals surface area contributed by atoms with E-state index in [9.17, 15) is 9.90 Å². The van der Waals surface area contributed by atoms with Gasteiger partial charge in [0.25, 0.3) is 0 Å². The Morgan fingerprint density at radius 2 is 1.62 bits per heavy atom. The predicted octanol–water partition coefficient (Wildman–Crippen LogP) is 7.40. The van der Waals surface area contributed by atoms with E-state index in [2.05, 4.69) is 50.3 Å². The van der Waals surface area contributed by atoms with E-state index in [1.165, 1.54) is 24.0 Å². The molecular weight excluding hydrogens is 396 g/mol. The van der Waals surface area contributed by atoms with Crippen molar-refractivity contribution in [3.8, 4) is 5.75 Å². The minimum absolute atomic E-state index is 0.0705. The van der Waals surface area contributed by atoms with Crippen LogP contribution in [0.4, 0.5) is 5.69 Å². The first-order valence-electron chi connectivity index (χ1n) is 12.2. The van der Waals surface area contributed by atoms with Crippen molar-refractivity contribution in [2.75, 3.05) is 5.32 Å². The van der Waals surface area contributed by atoms with Crippen molar-refractivity contribution in [2.45, 2.75) is 72.1 Å². The van der Waals surface area contributed by atoms with Gasteiger partial charge in [-0.15, -0.1) is 0 Å². The van der Waals surface area contributed by atoms with Crippen LogP contribution in [0.3, 0.4) is 0 Å². The summed E-state index contributed by atoms with van der Waals surface area (Å²) in [5.41, 5.74) is 4.61. The lowest BCUT2D eigenvalue weighted by atomic mass is 9.87. The minimum Gasteiger partial charge on any atom is -0.508 e. The van der Waals surface area contributed by atoms with Crippen LogP contribution in [0.2, 0.25) is 0 Å². The van der Waals surface area contributed by atoms with Gasteiger partial charge in [-0.05, 0) is 60.1 Å². The number of hydrogen-bond acceptors (Lipinski definition) is 2. The molecule has 2 heterocycles. The summed E-state index contributed by atoms with van der Waals surface area (Å²) in [4.78, 5) is 15.1. The number of benzene rings is 2. The molecule has 0 saturated heterocycles. The Hall–Kier alpha value is -2.75. The Kier molecular flexibility index (Phi) is 8.38. The maximum atomic E-state index is 11.9. The summed E-state index contributed by atoms with van der Waals surface area (Å²) in [5.74, 6) is 1.98. The fourth-order valence-electron chi connectivity index (χ4n) is 4.69. The Balaban J connectivity index is 0.000000181. The standard InChI is InChI=1S/2C14H19NO/c1-3-10(4-2)7-11-9-15-14-6-5-12(16)8-13(11)14;1-3-10(4-2)9-12-11-7-5-6-8-13(11)15-14(12)16/h5-6,8-10,15-16H,3-4,7H2,1-2H3;5-8,10,12H,3-4,9H2,1-2H3,(H,15,16). The van der Waals surface area contributed by atoms with Crippen LogP contribution in [0.25, 0.3) is 10.9 Å². The Morgan fingerprint density at radius 1 is 0.938 bits per heavy atom. The molecule has 1 aromatic heterocycles. The van der Waals surface area contributed by atoms with E-state index in [0.717, 1.165) is 48.2 Å². The number of carbonyl (C=O) groups excluding carboxylic acids is 1. The molecule has 3 N–H and O–H groups in total. The fourth-order valence-corrected chi connectivity index (χ4v) is 4.69. The van der Waals surface area contributed by atoms with Gasteiger partial charge in [0.2, 0.25) is 5.91 Å². The van der Waals surface area contributed by atoms with E-state index in [1.54, 1.807) is 6.07 Å². The molecule has 32 heavy (non-hydrogen) atoms. The molecular formula is C28H38N2O2. The monoisotopic (exact) mass is 434 g/mol. The van der Waals surface area contributed by atoms with Gasteiger partial charge < -0.3 is 15.4 Å². The normalized spacial score (nSPS) is 15.1. The van der Waals surface area contributed by atoms with Crippen LogP contribution in [-0.2, 0) is 11.2 Å². The third-order valence-corrected chi connectivity index (χ3v) is 7.05. The number of carbonyl (C=O) groups is 1. The average Bonchev–Trinajstić information content (AvgIpc) is 3.35. The largest absolute Gasteiger partial charge is 0.508 e. The van der Waals surface area contributed by atoms with Gasteiger partial charge in [-0.2, -0.15) is 0 Å². The van der Waals surface area contributed by atoms with Crippen LogP contribution < -0.4 is 5.32 Å². The molecule has 1 atom stereocenters. The number of aromatic hydroxyl groups is 1. The van der Waals surface area contributed by atoms with Gasteiger partial charge in [0.05, 0.1) is 5.92 Å². The predicted molar refractivity (Wildman–Crippen MR) is 134 cm³/mol. The summed E-state index contributed by atoms with van der Waals surface area (Å²) >= 11 is 0. The van der Waals surface area contributed by atoms with Gasteiger partial charge in [-0.1, -0.05) is 71.6 Å². The first-order chi connectivity index (χ1) is 15.5. The van der Waals surface area contributed by atoms with Gasteiger partial charge in [0, 0.05) is 22.8 Å². The third-order valence-electron chi connectivity index (χ3n) is 7.05. The molecule has 0 saturated carbocycles. The highest BCUT2D eigenvalue weighted by molar-refractivity contribution is 6.02. The molecule has 2 aromatic carbocycles. The van der Waals surface area contributed by atoms with Crippen LogP contribution in [-0.4, -0.2) is 16.0 Å². The number of para-hydroxylation sites is 1. The quantitative estimate of drug-likeness (QED) is 0.346. The van der Waals surface area contributed by atoms with Crippen molar-refractivity contribution in [1.29, 1.82) is 0 Å². The van der Waals surface area contributed by atoms with Gasteiger partial charge >= 0.3 is 0 Å². The number of phenolic OH excluding ortho intramolecular Hbond substituents is 1. The van der Waals surface area contributed by atoms with Crippen molar-refractivity contribution in [3.05, 3.63) is 59.8 Å². The van der Waals surface area contributed by atoms with E-state index in [0.29, 0.717) is 11.7 Å².